The molecular weight excluding hydrogens is 266 g/mol. The Kier molecular flexibility index (Phi) is 4.02. The molecule has 0 spiro atoms. The van der Waals surface area contributed by atoms with Gasteiger partial charge in [0.05, 0.1) is 12.0 Å². The lowest BCUT2D eigenvalue weighted by Crippen LogP contribution is -2.48. The molecule has 0 amide bonds. The summed E-state index contributed by atoms with van der Waals surface area (Å²) in [5.41, 5.74) is 0.194. The van der Waals surface area contributed by atoms with Gasteiger partial charge in [-0.15, -0.1) is 0 Å². The van der Waals surface area contributed by atoms with Crippen LogP contribution in [0.15, 0.2) is 24.3 Å². The normalized spacial score (nSPS) is 30.9. The molecule has 0 radical (unpaired) electrons. The van der Waals surface area contributed by atoms with Gasteiger partial charge in [0, 0.05) is 17.1 Å². The summed E-state index contributed by atoms with van der Waals surface area (Å²) in [6.45, 7) is 3.78. The zero-order valence-electron chi connectivity index (χ0n) is 11.0. The topological polar surface area (TPSA) is 58.6 Å². The Labute approximate surface area is 117 Å². The Morgan fingerprint density at radius 1 is 1.47 bits per heavy atom. The van der Waals surface area contributed by atoms with Crippen molar-refractivity contribution in [3.63, 3.8) is 0 Å². The summed E-state index contributed by atoms with van der Waals surface area (Å²) in [7, 11) is 0. The molecule has 1 fully saturated rings. The number of carboxylic acids is 1. The van der Waals surface area contributed by atoms with Crippen LogP contribution in [0.4, 0.5) is 5.69 Å². The summed E-state index contributed by atoms with van der Waals surface area (Å²) >= 11 is 5.84. The van der Waals surface area contributed by atoms with Crippen LogP contribution in [-0.2, 0) is 9.53 Å². The molecule has 1 heterocycles. The largest absolute Gasteiger partial charge is 0.481 e. The van der Waals surface area contributed by atoms with Crippen molar-refractivity contribution in [1.29, 1.82) is 0 Å². The van der Waals surface area contributed by atoms with Gasteiger partial charge in [0.15, 0.2) is 0 Å². The SMILES string of the molecule is CC1CC(C(=O)O)CC(C)(Nc2ccc(Cl)cc2)O1. The van der Waals surface area contributed by atoms with E-state index in [1.165, 1.54) is 0 Å². The fourth-order valence-electron chi connectivity index (χ4n) is 2.60. The number of benzene rings is 1. The molecule has 0 bridgehead atoms. The highest BCUT2D eigenvalue weighted by molar-refractivity contribution is 6.30. The van der Waals surface area contributed by atoms with Crippen LogP contribution >= 0.6 is 11.6 Å². The van der Waals surface area contributed by atoms with E-state index in [0.717, 1.165) is 5.69 Å². The number of aliphatic carboxylic acids is 1. The molecule has 19 heavy (non-hydrogen) atoms. The summed E-state index contributed by atoms with van der Waals surface area (Å²) in [5.74, 6) is -1.15. The first-order valence-electron chi connectivity index (χ1n) is 6.32. The zero-order valence-corrected chi connectivity index (χ0v) is 11.8. The highest BCUT2D eigenvalue weighted by Crippen LogP contribution is 2.34. The number of hydrogen-bond acceptors (Lipinski definition) is 3. The molecule has 3 unspecified atom stereocenters. The maximum Gasteiger partial charge on any atom is 0.306 e. The van der Waals surface area contributed by atoms with Gasteiger partial charge in [0.2, 0.25) is 0 Å². The first-order valence-corrected chi connectivity index (χ1v) is 6.70. The lowest BCUT2D eigenvalue weighted by molar-refractivity contribution is -0.158. The van der Waals surface area contributed by atoms with Crippen molar-refractivity contribution < 1.29 is 14.6 Å². The molecule has 2 rings (SSSR count). The maximum atomic E-state index is 11.2. The molecule has 1 saturated heterocycles. The lowest BCUT2D eigenvalue weighted by Gasteiger charge is -2.41. The third-order valence-electron chi connectivity index (χ3n) is 3.32. The maximum absolute atomic E-state index is 11.2. The summed E-state index contributed by atoms with van der Waals surface area (Å²) in [4.78, 5) is 11.2. The molecule has 4 nitrogen and oxygen atoms in total. The summed E-state index contributed by atoms with van der Waals surface area (Å²) < 4.78 is 5.88. The highest BCUT2D eigenvalue weighted by Gasteiger charge is 2.39. The first-order chi connectivity index (χ1) is 8.88. The zero-order chi connectivity index (χ0) is 14.0. The van der Waals surface area contributed by atoms with Crippen molar-refractivity contribution in [3.8, 4) is 0 Å². The molecule has 1 aromatic carbocycles. The molecule has 0 aromatic heterocycles. The number of halogens is 1. The van der Waals surface area contributed by atoms with Crippen molar-refractivity contribution in [2.75, 3.05) is 5.32 Å². The Bertz CT molecular complexity index is 462. The van der Waals surface area contributed by atoms with Crippen LogP contribution in [0.2, 0.25) is 5.02 Å². The minimum atomic E-state index is -0.765. The van der Waals surface area contributed by atoms with Crippen molar-refractivity contribution in [3.05, 3.63) is 29.3 Å². The molecule has 1 aromatic rings. The van der Waals surface area contributed by atoms with Gasteiger partial charge >= 0.3 is 5.97 Å². The van der Waals surface area contributed by atoms with Crippen LogP contribution in [0.1, 0.15) is 26.7 Å². The molecule has 1 aliphatic heterocycles. The number of nitrogens with one attached hydrogen (secondary N) is 1. The number of hydrogen-bond donors (Lipinski definition) is 2. The van der Waals surface area contributed by atoms with E-state index in [1.54, 1.807) is 12.1 Å². The van der Waals surface area contributed by atoms with E-state index in [2.05, 4.69) is 5.32 Å². The molecule has 3 atom stereocenters. The van der Waals surface area contributed by atoms with E-state index in [4.69, 9.17) is 16.3 Å². The number of rotatable bonds is 3. The third kappa shape index (κ3) is 3.61. The van der Waals surface area contributed by atoms with Gasteiger partial charge in [-0.05, 0) is 44.5 Å². The lowest BCUT2D eigenvalue weighted by atomic mass is 9.89. The van der Waals surface area contributed by atoms with Gasteiger partial charge in [-0.3, -0.25) is 4.79 Å². The van der Waals surface area contributed by atoms with Gasteiger partial charge in [0.25, 0.3) is 0 Å². The van der Waals surface area contributed by atoms with E-state index < -0.39 is 11.7 Å². The first kappa shape index (κ1) is 14.2. The van der Waals surface area contributed by atoms with E-state index in [1.807, 2.05) is 26.0 Å². The summed E-state index contributed by atoms with van der Waals surface area (Å²) in [6.07, 6.45) is 0.905. The molecule has 0 aliphatic carbocycles. The minimum absolute atomic E-state index is 0.0837. The predicted octanol–water partition coefficient (Wildman–Crippen LogP) is 3.37. The number of ether oxygens (including phenoxy) is 1. The minimum Gasteiger partial charge on any atom is -0.481 e. The number of carbonyl (C=O) groups is 1. The molecule has 2 N–H and O–H groups in total. The average molecular weight is 284 g/mol. The van der Waals surface area contributed by atoms with Crippen LogP contribution in [-0.4, -0.2) is 22.9 Å². The Hall–Kier alpha value is -1.26. The van der Waals surface area contributed by atoms with E-state index in [-0.39, 0.29) is 12.0 Å². The second-order valence-corrected chi connectivity index (χ2v) is 5.70. The Morgan fingerprint density at radius 2 is 2.11 bits per heavy atom. The van der Waals surface area contributed by atoms with Gasteiger partial charge in [0.1, 0.15) is 5.72 Å². The fraction of sp³-hybridized carbons (Fsp3) is 0.500. The standard InChI is InChI=1S/C14H18ClNO3/c1-9-7-10(13(17)18)8-14(2,19-9)16-12-5-3-11(15)4-6-12/h3-6,9-10,16H,7-8H2,1-2H3,(H,17,18). The third-order valence-corrected chi connectivity index (χ3v) is 3.57. The van der Waals surface area contributed by atoms with E-state index >= 15 is 0 Å². The summed E-state index contributed by atoms with van der Waals surface area (Å²) in [6, 6.07) is 7.28. The van der Waals surface area contributed by atoms with Crippen molar-refractivity contribution in [2.24, 2.45) is 5.92 Å². The molecule has 104 valence electrons. The quantitative estimate of drug-likeness (QED) is 0.893. The van der Waals surface area contributed by atoms with Crippen molar-refractivity contribution in [2.45, 2.75) is 38.5 Å². The second kappa shape index (κ2) is 5.39. The van der Waals surface area contributed by atoms with Crippen molar-refractivity contribution in [1.82, 2.24) is 0 Å². The average Bonchev–Trinajstić information content (AvgIpc) is 2.30. The van der Waals surface area contributed by atoms with Gasteiger partial charge in [-0.1, -0.05) is 11.6 Å². The molecular formula is C14H18ClNO3. The molecule has 1 aliphatic rings. The Morgan fingerprint density at radius 3 is 2.68 bits per heavy atom. The van der Waals surface area contributed by atoms with Crippen molar-refractivity contribution >= 4 is 23.3 Å². The van der Waals surface area contributed by atoms with Gasteiger partial charge in [-0.2, -0.15) is 0 Å². The van der Waals surface area contributed by atoms with Crippen LogP contribution in [0.3, 0.4) is 0 Å². The smallest absolute Gasteiger partial charge is 0.306 e. The van der Waals surface area contributed by atoms with Crippen LogP contribution in [0.25, 0.3) is 0 Å². The van der Waals surface area contributed by atoms with Crippen LogP contribution < -0.4 is 5.32 Å². The Balaban J connectivity index is 2.12. The number of anilines is 1. The number of carboxylic acid groups (broad SMARTS) is 1. The van der Waals surface area contributed by atoms with Gasteiger partial charge in [-0.25, -0.2) is 0 Å². The van der Waals surface area contributed by atoms with E-state index in [0.29, 0.717) is 17.9 Å². The van der Waals surface area contributed by atoms with E-state index in [9.17, 15) is 9.90 Å². The van der Waals surface area contributed by atoms with Gasteiger partial charge < -0.3 is 15.2 Å². The molecule has 5 heteroatoms. The van der Waals surface area contributed by atoms with Crippen LogP contribution in [0.5, 0.6) is 0 Å². The second-order valence-electron chi connectivity index (χ2n) is 5.27. The highest BCUT2D eigenvalue weighted by atomic mass is 35.5. The van der Waals surface area contributed by atoms with Crippen LogP contribution in [0, 0.1) is 5.92 Å². The molecule has 0 saturated carbocycles. The fourth-order valence-corrected chi connectivity index (χ4v) is 2.73. The summed E-state index contributed by atoms with van der Waals surface area (Å²) in [5, 5.41) is 13.1. The monoisotopic (exact) mass is 283 g/mol. The predicted molar refractivity (Wildman–Crippen MR) is 74.4 cm³/mol.